The van der Waals surface area contributed by atoms with Crippen LogP contribution in [0.25, 0.3) is 0 Å². The van der Waals surface area contributed by atoms with Crippen LogP contribution in [0.4, 0.5) is 0 Å². The summed E-state index contributed by atoms with van der Waals surface area (Å²) in [4.78, 5) is 13.3. The summed E-state index contributed by atoms with van der Waals surface area (Å²) in [6.07, 6.45) is 0. The van der Waals surface area contributed by atoms with Gasteiger partial charge in [0, 0.05) is 12.1 Å². The van der Waals surface area contributed by atoms with Crippen molar-refractivity contribution in [3.8, 4) is 5.75 Å². The topological polar surface area (TPSA) is 40.5 Å². The van der Waals surface area contributed by atoms with Crippen molar-refractivity contribution < 1.29 is 5.11 Å². The summed E-state index contributed by atoms with van der Waals surface area (Å²) in [6.45, 7) is 2.40. The minimum Gasteiger partial charge on any atom is -0.504 e. The third-order valence-corrected chi connectivity index (χ3v) is 1.93. The molecule has 0 heterocycles. The number of aromatic hydroxyl groups is 1. The van der Waals surface area contributed by atoms with Crippen LogP contribution in [0.15, 0.2) is 23.0 Å². The van der Waals surface area contributed by atoms with E-state index in [4.69, 9.17) is 0 Å². The van der Waals surface area contributed by atoms with Gasteiger partial charge in [-0.3, -0.25) is 4.79 Å². The zero-order chi connectivity index (χ0) is 10.7. The maximum Gasteiger partial charge on any atom is 0.220 e. The van der Waals surface area contributed by atoms with Gasteiger partial charge >= 0.3 is 0 Å². The van der Waals surface area contributed by atoms with E-state index in [1.165, 1.54) is 6.07 Å². The Hall–Kier alpha value is -1.35. The van der Waals surface area contributed by atoms with Crippen molar-refractivity contribution in [1.82, 2.24) is 4.90 Å². The molecule has 14 heavy (non-hydrogen) atoms. The first kappa shape index (κ1) is 10.7. The molecule has 1 N–H and O–H groups in total. The van der Waals surface area contributed by atoms with Gasteiger partial charge in [0.15, 0.2) is 5.75 Å². The third kappa shape index (κ3) is 2.57. The van der Waals surface area contributed by atoms with Crippen molar-refractivity contribution >= 4 is 0 Å². The summed E-state index contributed by atoms with van der Waals surface area (Å²) in [7, 11) is 3.79. The third-order valence-electron chi connectivity index (χ3n) is 1.93. The minimum absolute atomic E-state index is 0.146. The quantitative estimate of drug-likeness (QED) is 0.765. The van der Waals surface area contributed by atoms with Gasteiger partial charge in [0.05, 0.1) is 0 Å². The number of hydrogen-bond acceptors (Lipinski definition) is 3. The summed E-state index contributed by atoms with van der Waals surface area (Å²) in [5.74, 6) is -0.146. The molecule has 0 bridgehead atoms. The van der Waals surface area contributed by atoms with Crippen LogP contribution in [0.5, 0.6) is 5.75 Å². The normalized spacial score (nSPS) is 10.6. The van der Waals surface area contributed by atoms with Gasteiger partial charge < -0.3 is 10.0 Å². The average molecular weight is 193 g/mol. The Morgan fingerprint density at radius 3 is 2.57 bits per heavy atom. The van der Waals surface area contributed by atoms with E-state index in [0.717, 1.165) is 5.56 Å². The van der Waals surface area contributed by atoms with Crippen LogP contribution in [0.1, 0.15) is 11.1 Å². The highest BCUT2D eigenvalue weighted by molar-refractivity contribution is 5.32. The van der Waals surface area contributed by atoms with Crippen molar-refractivity contribution in [3.63, 3.8) is 0 Å². The molecule has 0 aliphatic heterocycles. The van der Waals surface area contributed by atoms with Crippen LogP contribution >= 0.6 is 0 Å². The van der Waals surface area contributed by atoms with Gasteiger partial charge in [0.2, 0.25) is 5.43 Å². The second-order valence-corrected chi connectivity index (χ2v) is 3.70. The Labute approximate surface area is 83.6 Å². The Kier molecular flexibility index (Phi) is 3.25. The van der Waals surface area contributed by atoms with E-state index in [9.17, 15) is 9.90 Å². The molecule has 1 aromatic carbocycles. The Morgan fingerprint density at radius 2 is 2.00 bits per heavy atom. The second-order valence-electron chi connectivity index (χ2n) is 3.70. The smallest absolute Gasteiger partial charge is 0.220 e. The molecule has 0 spiro atoms. The van der Waals surface area contributed by atoms with E-state index in [1.54, 1.807) is 6.07 Å². The Bertz CT molecular complexity index is 386. The molecule has 0 aliphatic carbocycles. The summed E-state index contributed by atoms with van der Waals surface area (Å²) < 4.78 is 0. The first-order valence-electron chi connectivity index (χ1n) is 4.48. The zero-order valence-corrected chi connectivity index (χ0v) is 8.74. The van der Waals surface area contributed by atoms with Gasteiger partial charge in [-0.05, 0) is 32.6 Å². The van der Waals surface area contributed by atoms with Crippen molar-refractivity contribution in [2.45, 2.75) is 13.5 Å². The van der Waals surface area contributed by atoms with Crippen molar-refractivity contribution in [1.29, 1.82) is 0 Å². The SMILES string of the molecule is Cc1ccc(CN(C)C)c(O)c(=O)c1. The van der Waals surface area contributed by atoms with E-state index in [1.807, 2.05) is 32.0 Å². The summed E-state index contributed by atoms with van der Waals surface area (Å²) >= 11 is 0. The highest BCUT2D eigenvalue weighted by Gasteiger charge is 2.04. The molecular weight excluding hydrogens is 178 g/mol. The lowest BCUT2D eigenvalue weighted by Gasteiger charge is -2.08. The van der Waals surface area contributed by atoms with Gasteiger partial charge in [-0.15, -0.1) is 0 Å². The first-order chi connectivity index (χ1) is 6.50. The van der Waals surface area contributed by atoms with Crippen LogP contribution < -0.4 is 5.43 Å². The Morgan fingerprint density at radius 1 is 1.36 bits per heavy atom. The Balaban J connectivity index is 3.26. The molecule has 3 nitrogen and oxygen atoms in total. The van der Waals surface area contributed by atoms with Crippen molar-refractivity contribution in [3.05, 3.63) is 39.5 Å². The molecule has 0 saturated carbocycles. The number of rotatable bonds is 2. The van der Waals surface area contributed by atoms with Gasteiger partial charge in [0.1, 0.15) is 0 Å². The fraction of sp³-hybridized carbons (Fsp3) is 0.364. The zero-order valence-electron chi connectivity index (χ0n) is 8.74. The van der Waals surface area contributed by atoms with Crippen LogP contribution in [0.3, 0.4) is 0 Å². The highest BCUT2D eigenvalue weighted by Crippen LogP contribution is 2.12. The fourth-order valence-electron chi connectivity index (χ4n) is 1.26. The lowest BCUT2D eigenvalue weighted by molar-refractivity contribution is 0.385. The largest absolute Gasteiger partial charge is 0.504 e. The van der Waals surface area contributed by atoms with E-state index in [2.05, 4.69) is 0 Å². The average Bonchev–Trinajstić information content (AvgIpc) is 2.18. The van der Waals surface area contributed by atoms with Crippen LogP contribution in [0.2, 0.25) is 0 Å². The molecule has 0 aliphatic rings. The lowest BCUT2D eigenvalue weighted by Crippen LogP contribution is -2.11. The predicted octanol–water partition coefficient (Wildman–Crippen LogP) is 1.12. The monoisotopic (exact) mass is 193 g/mol. The lowest BCUT2D eigenvalue weighted by atomic mass is 10.2. The van der Waals surface area contributed by atoms with Gasteiger partial charge in [-0.2, -0.15) is 0 Å². The standard InChI is InChI=1S/C11H15NO2/c1-8-4-5-9(7-12(2)3)11(14)10(13)6-8/h4-6H,7H2,1-3H3,(H,13,14). The summed E-state index contributed by atoms with van der Waals surface area (Å²) in [6, 6.07) is 5.06. The van der Waals surface area contributed by atoms with E-state index < -0.39 is 0 Å². The molecule has 1 aromatic rings. The molecule has 0 amide bonds. The van der Waals surface area contributed by atoms with E-state index in [-0.39, 0.29) is 11.2 Å². The molecule has 76 valence electrons. The van der Waals surface area contributed by atoms with Gasteiger partial charge in [-0.25, -0.2) is 0 Å². The summed E-state index contributed by atoms with van der Waals surface area (Å²) in [5, 5.41) is 9.59. The molecule has 0 radical (unpaired) electrons. The van der Waals surface area contributed by atoms with Gasteiger partial charge in [0.25, 0.3) is 0 Å². The molecule has 0 unspecified atom stereocenters. The maximum absolute atomic E-state index is 11.4. The first-order valence-corrected chi connectivity index (χ1v) is 4.48. The molecular formula is C11H15NO2. The molecule has 0 saturated heterocycles. The number of hydrogen-bond donors (Lipinski definition) is 1. The molecule has 1 rings (SSSR count). The van der Waals surface area contributed by atoms with Crippen LogP contribution in [-0.4, -0.2) is 24.1 Å². The summed E-state index contributed by atoms with van der Waals surface area (Å²) in [5.41, 5.74) is 1.20. The minimum atomic E-state index is -0.315. The second kappa shape index (κ2) is 4.24. The maximum atomic E-state index is 11.4. The molecule has 3 heteroatoms. The van der Waals surface area contributed by atoms with Crippen molar-refractivity contribution in [2.24, 2.45) is 0 Å². The molecule has 0 fully saturated rings. The fourth-order valence-corrected chi connectivity index (χ4v) is 1.26. The molecule has 0 aromatic heterocycles. The molecule has 0 atom stereocenters. The number of aryl methyl sites for hydroxylation is 1. The van der Waals surface area contributed by atoms with Crippen molar-refractivity contribution in [2.75, 3.05) is 14.1 Å². The van der Waals surface area contributed by atoms with E-state index >= 15 is 0 Å². The van der Waals surface area contributed by atoms with E-state index in [0.29, 0.717) is 12.1 Å². The van der Waals surface area contributed by atoms with Crippen LogP contribution in [0, 0.1) is 6.92 Å². The highest BCUT2D eigenvalue weighted by atomic mass is 16.3. The number of nitrogens with zero attached hydrogens (tertiary/aromatic N) is 1. The van der Waals surface area contributed by atoms with Crippen LogP contribution in [-0.2, 0) is 6.54 Å². The van der Waals surface area contributed by atoms with Gasteiger partial charge in [-0.1, -0.05) is 12.1 Å². The predicted molar refractivity (Wildman–Crippen MR) is 56.5 cm³/mol.